The van der Waals surface area contributed by atoms with Gasteiger partial charge in [-0.1, -0.05) is 18.9 Å². The monoisotopic (exact) mass is 543 g/mol. The van der Waals surface area contributed by atoms with Crippen LogP contribution in [0.25, 0.3) is 0 Å². The second-order valence-electron chi connectivity index (χ2n) is 9.01. The summed E-state index contributed by atoms with van der Waals surface area (Å²) in [4.78, 5) is 6.85. The van der Waals surface area contributed by atoms with E-state index in [0.717, 1.165) is 49.7 Å². The Morgan fingerprint density at radius 1 is 1.10 bits per heavy atom. The van der Waals surface area contributed by atoms with Crippen molar-refractivity contribution in [2.45, 2.75) is 50.4 Å². The summed E-state index contributed by atoms with van der Waals surface area (Å²) < 4.78 is 17.1. The molecule has 31 heavy (non-hydrogen) atoms. The number of benzene rings is 1. The van der Waals surface area contributed by atoms with Crippen LogP contribution in [0.5, 0.6) is 11.5 Å². The van der Waals surface area contributed by atoms with Crippen molar-refractivity contribution < 1.29 is 14.2 Å². The predicted octanol–water partition coefficient (Wildman–Crippen LogP) is 4.21. The fourth-order valence-electron chi connectivity index (χ4n) is 5.14. The average Bonchev–Trinajstić information content (AvgIpc) is 3.28. The smallest absolute Gasteiger partial charge is 0.193 e. The maximum absolute atomic E-state index is 5.86. The van der Waals surface area contributed by atoms with Gasteiger partial charge in [-0.15, -0.1) is 24.0 Å². The van der Waals surface area contributed by atoms with Crippen molar-refractivity contribution in [2.24, 2.45) is 10.9 Å². The molecule has 1 saturated carbocycles. The minimum Gasteiger partial charge on any atom is -0.486 e. The number of ether oxygens (including phenoxy) is 3. The van der Waals surface area contributed by atoms with E-state index in [4.69, 9.17) is 14.2 Å². The maximum Gasteiger partial charge on any atom is 0.193 e. The van der Waals surface area contributed by atoms with Gasteiger partial charge in [0.15, 0.2) is 17.5 Å². The summed E-state index contributed by atoms with van der Waals surface area (Å²) in [5, 5.41) is 3.70. The zero-order valence-electron chi connectivity index (χ0n) is 19.0. The number of aliphatic imine (C=N–C) groups is 1. The second kappa shape index (κ2) is 11.6. The van der Waals surface area contributed by atoms with Gasteiger partial charge in [-0.3, -0.25) is 4.99 Å². The topological polar surface area (TPSA) is 55.3 Å². The fourth-order valence-corrected chi connectivity index (χ4v) is 5.14. The van der Waals surface area contributed by atoms with E-state index >= 15 is 0 Å². The molecule has 6 nitrogen and oxygen atoms in total. The Morgan fingerprint density at radius 3 is 2.52 bits per heavy atom. The van der Waals surface area contributed by atoms with Crippen molar-refractivity contribution in [3.63, 3.8) is 0 Å². The van der Waals surface area contributed by atoms with Crippen LogP contribution in [0.15, 0.2) is 23.2 Å². The van der Waals surface area contributed by atoms with Gasteiger partial charge in [0.1, 0.15) is 13.2 Å². The average molecular weight is 543 g/mol. The lowest BCUT2D eigenvalue weighted by molar-refractivity contribution is 0.0625. The molecule has 0 aromatic heterocycles. The van der Waals surface area contributed by atoms with Gasteiger partial charge in [-0.05, 0) is 55.7 Å². The van der Waals surface area contributed by atoms with Crippen LogP contribution in [0.1, 0.15) is 50.5 Å². The van der Waals surface area contributed by atoms with E-state index in [2.05, 4.69) is 40.5 Å². The van der Waals surface area contributed by atoms with Crippen molar-refractivity contribution in [3.8, 4) is 11.5 Å². The molecule has 2 fully saturated rings. The first-order valence-corrected chi connectivity index (χ1v) is 11.6. The molecule has 3 aliphatic rings. The summed E-state index contributed by atoms with van der Waals surface area (Å²) >= 11 is 0. The highest BCUT2D eigenvalue weighted by Crippen LogP contribution is 2.43. The molecule has 7 heteroatoms. The van der Waals surface area contributed by atoms with Crippen LogP contribution in [-0.2, 0) is 10.2 Å². The van der Waals surface area contributed by atoms with E-state index in [0.29, 0.717) is 13.2 Å². The van der Waals surface area contributed by atoms with Crippen molar-refractivity contribution in [1.82, 2.24) is 10.2 Å². The Bertz CT molecular complexity index is 731. The van der Waals surface area contributed by atoms with Crippen LogP contribution in [-0.4, -0.2) is 64.5 Å². The van der Waals surface area contributed by atoms with Crippen molar-refractivity contribution in [1.29, 1.82) is 0 Å². The molecule has 1 N–H and O–H groups in total. The van der Waals surface area contributed by atoms with E-state index in [1.165, 1.54) is 50.5 Å². The number of nitrogens with one attached hydrogen (secondary N) is 1. The lowest BCUT2D eigenvalue weighted by atomic mass is 9.78. The zero-order valence-corrected chi connectivity index (χ0v) is 21.4. The van der Waals surface area contributed by atoms with Gasteiger partial charge < -0.3 is 24.4 Å². The van der Waals surface area contributed by atoms with Crippen LogP contribution in [0.3, 0.4) is 0 Å². The molecular weight excluding hydrogens is 505 g/mol. The third-order valence-electron chi connectivity index (χ3n) is 7.09. The molecule has 0 atom stereocenters. The Morgan fingerprint density at radius 2 is 1.81 bits per heavy atom. The Balaban J connectivity index is 0.00000272. The molecule has 1 saturated heterocycles. The van der Waals surface area contributed by atoms with Gasteiger partial charge in [0, 0.05) is 45.8 Å². The summed E-state index contributed by atoms with van der Waals surface area (Å²) in [5.41, 5.74) is 1.49. The Labute approximate surface area is 204 Å². The molecule has 0 spiro atoms. The lowest BCUT2D eigenvalue weighted by Crippen LogP contribution is -2.46. The number of nitrogens with zero attached hydrogens (tertiary/aromatic N) is 2. The lowest BCUT2D eigenvalue weighted by Gasteiger charge is -2.33. The normalized spacial score (nSPS) is 20.8. The first-order chi connectivity index (χ1) is 14.7. The van der Waals surface area contributed by atoms with Crippen LogP contribution in [0.2, 0.25) is 0 Å². The van der Waals surface area contributed by atoms with Gasteiger partial charge in [0.2, 0.25) is 0 Å². The molecule has 1 aromatic carbocycles. The highest BCUT2D eigenvalue weighted by molar-refractivity contribution is 14.0. The molecule has 0 radical (unpaired) electrons. The number of guanidine groups is 1. The van der Waals surface area contributed by atoms with E-state index in [1.54, 1.807) is 0 Å². The van der Waals surface area contributed by atoms with Gasteiger partial charge in [-0.2, -0.15) is 0 Å². The van der Waals surface area contributed by atoms with Crippen molar-refractivity contribution in [2.75, 3.05) is 53.6 Å². The first kappa shape index (κ1) is 24.4. The summed E-state index contributed by atoms with van der Waals surface area (Å²) in [5.74, 6) is 3.53. The Kier molecular flexibility index (Phi) is 9.13. The number of hydrogen-bond acceptors (Lipinski definition) is 4. The van der Waals surface area contributed by atoms with Crippen molar-refractivity contribution in [3.05, 3.63) is 23.8 Å². The molecule has 174 valence electrons. The standard InChI is InChI=1S/C24H37N3O3.HI/c1-25-23(27(2)12-7-19-8-13-28-14-9-19)26-18-24(10-3-4-11-24)20-5-6-21-22(17-20)30-16-15-29-21;/h5-6,17,19H,3-4,7-16,18H2,1-2H3,(H,25,26);1H. The second-order valence-corrected chi connectivity index (χ2v) is 9.01. The largest absolute Gasteiger partial charge is 0.486 e. The van der Waals surface area contributed by atoms with Gasteiger partial charge >= 0.3 is 0 Å². The van der Waals surface area contributed by atoms with E-state index in [1.807, 2.05) is 7.05 Å². The summed E-state index contributed by atoms with van der Waals surface area (Å²) in [6.07, 6.45) is 8.52. The minimum absolute atomic E-state index is 0. The van der Waals surface area contributed by atoms with E-state index in [-0.39, 0.29) is 29.4 Å². The van der Waals surface area contributed by atoms with Crippen molar-refractivity contribution >= 4 is 29.9 Å². The number of halogens is 1. The number of fused-ring (bicyclic) bond motifs is 1. The number of rotatable bonds is 6. The zero-order chi connectivity index (χ0) is 20.8. The quantitative estimate of drug-likeness (QED) is 0.331. The molecule has 2 aliphatic heterocycles. The molecule has 1 aliphatic carbocycles. The summed E-state index contributed by atoms with van der Waals surface area (Å²) in [6.45, 7) is 5.03. The maximum atomic E-state index is 5.86. The fraction of sp³-hybridized carbons (Fsp3) is 0.708. The van der Waals surface area contributed by atoms with Gasteiger partial charge in [0.05, 0.1) is 0 Å². The van der Waals surface area contributed by atoms with Crippen LogP contribution >= 0.6 is 24.0 Å². The molecule has 4 rings (SSSR count). The highest BCUT2D eigenvalue weighted by Gasteiger charge is 2.36. The minimum atomic E-state index is 0. The third kappa shape index (κ3) is 5.97. The molecular formula is C24H38IN3O3. The molecule has 2 heterocycles. The molecule has 0 bridgehead atoms. The predicted molar refractivity (Wildman–Crippen MR) is 135 cm³/mol. The summed E-state index contributed by atoms with van der Waals surface area (Å²) in [6, 6.07) is 6.52. The third-order valence-corrected chi connectivity index (χ3v) is 7.09. The summed E-state index contributed by atoms with van der Waals surface area (Å²) in [7, 11) is 4.04. The van der Waals surface area contributed by atoms with E-state index in [9.17, 15) is 0 Å². The molecule has 1 aromatic rings. The van der Waals surface area contributed by atoms with E-state index < -0.39 is 0 Å². The van der Waals surface area contributed by atoms with Crippen LogP contribution < -0.4 is 14.8 Å². The molecule has 0 unspecified atom stereocenters. The first-order valence-electron chi connectivity index (χ1n) is 11.6. The Hall–Kier alpha value is -1.22. The van der Waals surface area contributed by atoms with Crippen LogP contribution in [0, 0.1) is 5.92 Å². The number of hydrogen-bond donors (Lipinski definition) is 1. The van der Waals surface area contributed by atoms with Crippen LogP contribution in [0.4, 0.5) is 0 Å². The van der Waals surface area contributed by atoms with Gasteiger partial charge in [-0.25, -0.2) is 0 Å². The SMILES string of the molecule is CN=C(NCC1(c2ccc3c(c2)OCCO3)CCCC1)N(C)CCC1CCOCC1.I. The van der Waals surface area contributed by atoms with Gasteiger partial charge in [0.25, 0.3) is 0 Å². The molecule has 0 amide bonds. The highest BCUT2D eigenvalue weighted by atomic mass is 127.